The Kier molecular flexibility index (Phi) is 7.03. The quantitative estimate of drug-likeness (QED) is 0.487. The van der Waals surface area contributed by atoms with Crippen LogP contribution in [0.25, 0.3) is 0 Å². The zero-order valence-corrected chi connectivity index (χ0v) is 17.2. The summed E-state index contributed by atoms with van der Waals surface area (Å²) in [6.07, 6.45) is 2.08. The maximum Gasteiger partial charge on any atom is 0.279 e. The number of methoxy groups -OCH3 is 1. The average molecular weight is 411 g/mol. The number of likely N-dealkylation sites (N-methyl/N-ethyl adjacent to an activating group) is 1. The highest BCUT2D eigenvalue weighted by Gasteiger charge is 2.24. The highest BCUT2D eigenvalue weighted by Crippen LogP contribution is 2.18. The van der Waals surface area contributed by atoms with E-state index in [-0.39, 0.29) is 30.8 Å². The van der Waals surface area contributed by atoms with Crippen molar-refractivity contribution in [1.29, 1.82) is 0 Å². The lowest BCUT2D eigenvalue weighted by Crippen LogP contribution is -3.11. The number of hydrogen-bond acceptors (Lipinski definition) is 4. The van der Waals surface area contributed by atoms with Crippen LogP contribution in [-0.2, 0) is 9.59 Å². The predicted molar refractivity (Wildman–Crippen MR) is 114 cm³/mol. The lowest BCUT2D eigenvalue weighted by Gasteiger charge is -2.13. The van der Waals surface area contributed by atoms with Gasteiger partial charge in [-0.25, -0.2) is 0 Å². The highest BCUT2D eigenvalue weighted by atomic mass is 16.5. The number of carbonyl (C=O) groups excluding carboxylic acids is 3. The fourth-order valence-electron chi connectivity index (χ4n) is 2.90. The fraction of sp³-hybridized carbons (Fsp3) is 0.318. The SMILES string of the molecule is COc1ccc(NC(=O)c2ccc(NC(=O)C[NH+](C)CC(=O)NC3CC3)cc2)cc1. The van der Waals surface area contributed by atoms with Gasteiger partial charge in [0.1, 0.15) is 5.75 Å². The van der Waals surface area contributed by atoms with Crippen molar-refractivity contribution in [2.24, 2.45) is 0 Å². The van der Waals surface area contributed by atoms with Crippen molar-refractivity contribution in [2.45, 2.75) is 18.9 Å². The van der Waals surface area contributed by atoms with Gasteiger partial charge in [0, 0.05) is 23.0 Å². The van der Waals surface area contributed by atoms with Crippen LogP contribution in [-0.4, -0.2) is 51.0 Å². The third-order valence-electron chi connectivity index (χ3n) is 4.65. The maximum atomic E-state index is 12.4. The summed E-state index contributed by atoms with van der Waals surface area (Å²) in [7, 11) is 3.39. The van der Waals surface area contributed by atoms with Crippen molar-refractivity contribution in [3.05, 3.63) is 54.1 Å². The van der Waals surface area contributed by atoms with Gasteiger partial charge in [-0.05, 0) is 61.4 Å². The second kappa shape index (κ2) is 9.89. The van der Waals surface area contributed by atoms with Crippen LogP contribution in [0.1, 0.15) is 23.2 Å². The Bertz CT molecular complexity index is 892. The molecule has 0 aromatic heterocycles. The zero-order valence-electron chi connectivity index (χ0n) is 17.2. The molecule has 158 valence electrons. The summed E-state index contributed by atoms with van der Waals surface area (Å²) >= 11 is 0. The third kappa shape index (κ3) is 6.59. The lowest BCUT2D eigenvalue weighted by molar-refractivity contribution is -0.862. The minimum Gasteiger partial charge on any atom is -0.497 e. The smallest absolute Gasteiger partial charge is 0.279 e. The van der Waals surface area contributed by atoms with Crippen molar-refractivity contribution in [3.8, 4) is 5.75 Å². The van der Waals surface area contributed by atoms with Gasteiger partial charge in [0.2, 0.25) is 0 Å². The number of amides is 3. The Morgan fingerprint density at radius 3 is 2.07 bits per heavy atom. The summed E-state index contributed by atoms with van der Waals surface area (Å²) in [6.45, 7) is 0.437. The van der Waals surface area contributed by atoms with Crippen molar-refractivity contribution >= 4 is 29.1 Å². The monoisotopic (exact) mass is 411 g/mol. The summed E-state index contributed by atoms with van der Waals surface area (Å²) in [5, 5.41) is 8.51. The van der Waals surface area contributed by atoms with Gasteiger partial charge in [-0.2, -0.15) is 0 Å². The molecule has 3 amide bonds. The number of carbonyl (C=O) groups is 3. The molecule has 2 aromatic rings. The first-order chi connectivity index (χ1) is 14.4. The van der Waals surface area contributed by atoms with Crippen molar-refractivity contribution in [2.75, 3.05) is 37.9 Å². The number of quaternary nitrogens is 1. The van der Waals surface area contributed by atoms with E-state index in [1.807, 2.05) is 0 Å². The molecule has 0 saturated heterocycles. The molecule has 30 heavy (non-hydrogen) atoms. The summed E-state index contributed by atoms with van der Waals surface area (Å²) in [5.74, 6) is 0.241. The molecular formula is C22H27N4O4+. The van der Waals surface area contributed by atoms with Gasteiger partial charge in [0.05, 0.1) is 14.2 Å². The largest absolute Gasteiger partial charge is 0.497 e. The van der Waals surface area contributed by atoms with Gasteiger partial charge in [-0.3, -0.25) is 14.4 Å². The summed E-state index contributed by atoms with van der Waals surface area (Å²) in [5.41, 5.74) is 1.73. The minimum absolute atomic E-state index is 0.0324. The Morgan fingerprint density at radius 1 is 0.900 bits per heavy atom. The Hall–Kier alpha value is -3.39. The molecule has 1 unspecified atom stereocenters. The van der Waals surface area contributed by atoms with E-state index in [4.69, 9.17) is 4.74 Å². The molecule has 8 nitrogen and oxygen atoms in total. The summed E-state index contributed by atoms with van der Waals surface area (Å²) in [4.78, 5) is 37.2. The molecule has 0 aliphatic heterocycles. The van der Waals surface area contributed by atoms with E-state index in [9.17, 15) is 14.4 Å². The Morgan fingerprint density at radius 2 is 1.47 bits per heavy atom. The summed E-state index contributed by atoms with van der Waals surface area (Å²) in [6, 6.07) is 14.0. The van der Waals surface area contributed by atoms with Gasteiger partial charge in [-0.15, -0.1) is 0 Å². The second-order valence-corrected chi connectivity index (χ2v) is 7.46. The number of anilines is 2. The molecule has 2 aromatic carbocycles. The van der Waals surface area contributed by atoms with Gasteiger partial charge < -0.3 is 25.6 Å². The first-order valence-electron chi connectivity index (χ1n) is 9.89. The lowest BCUT2D eigenvalue weighted by atomic mass is 10.2. The predicted octanol–water partition coefficient (Wildman–Crippen LogP) is 0.679. The number of hydrogen-bond donors (Lipinski definition) is 4. The minimum atomic E-state index is -0.246. The zero-order chi connectivity index (χ0) is 21.5. The normalized spacial score (nSPS) is 13.8. The average Bonchev–Trinajstić information content (AvgIpc) is 3.52. The molecule has 4 N–H and O–H groups in total. The number of ether oxygens (including phenoxy) is 1. The molecular weight excluding hydrogens is 384 g/mol. The molecule has 1 atom stereocenters. The van der Waals surface area contributed by atoms with Gasteiger partial charge in [-0.1, -0.05) is 0 Å². The van der Waals surface area contributed by atoms with Crippen molar-refractivity contribution < 1.29 is 24.0 Å². The van der Waals surface area contributed by atoms with E-state index in [1.165, 1.54) is 0 Å². The van der Waals surface area contributed by atoms with Crippen molar-refractivity contribution in [3.63, 3.8) is 0 Å². The number of nitrogens with one attached hydrogen (secondary N) is 4. The van der Waals surface area contributed by atoms with Crippen LogP contribution >= 0.6 is 0 Å². The standard InChI is InChI=1S/C22H26N4O4/c1-26(14-21(28)24-17-7-8-17)13-20(27)23-16-5-3-15(4-6-16)22(29)25-18-9-11-19(30-2)12-10-18/h3-6,9-12,17H,7-8,13-14H2,1-2H3,(H,23,27)(H,24,28)(H,25,29)/p+1. The van der Waals surface area contributed by atoms with Crippen LogP contribution in [0.2, 0.25) is 0 Å². The first kappa shape index (κ1) is 21.3. The van der Waals surface area contributed by atoms with Gasteiger partial charge in [0.25, 0.3) is 17.7 Å². The van der Waals surface area contributed by atoms with Crippen LogP contribution in [0, 0.1) is 0 Å². The molecule has 0 heterocycles. The number of benzene rings is 2. The topological polar surface area (TPSA) is 101 Å². The first-order valence-corrected chi connectivity index (χ1v) is 9.89. The second-order valence-electron chi connectivity index (χ2n) is 7.46. The molecule has 0 radical (unpaired) electrons. The third-order valence-corrected chi connectivity index (χ3v) is 4.65. The van der Waals surface area contributed by atoms with Crippen LogP contribution in [0.15, 0.2) is 48.5 Å². The van der Waals surface area contributed by atoms with E-state index in [1.54, 1.807) is 62.7 Å². The Labute approximate surface area is 175 Å². The van der Waals surface area contributed by atoms with Crippen molar-refractivity contribution in [1.82, 2.24) is 5.32 Å². The van der Waals surface area contributed by atoms with Crippen LogP contribution in [0.3, 0.4) is 0 Å². The van der Waals surface area contributed by atoms with Gasteiger partial charge in [0.15, 0.2) is 13.1 Å². The molecule has 1 aliphatic carbocycles. The van der Waals surface area contributed by atoms with E-state index in [0.717, 1.165) is 17.7 Å². The Balaban J connectivity index is 1.46. The molecule has 1 aliphatic rings. The van der Waals surface area contributed by atoms with Crippen LogP contribution in [0.4, 0.5) is 11.4 Å². The number of rotatable bonds is 9. The highest BCUT2D eigenvalue weighted by molar-refractivity contribution is 6.04. The fourth-order valence-corrected chi connectivity index (χ4v) is 2.90. The van der Waals surface area contributed by atoms with Crippen LogP contribution in [0.5, 0.6) is 5.75 Å². The molecule has 1 saturated carbocycles. The molecule has 3 rings (SSSR count). The van der Waals surface area contributed by atoms with E-state index in [0.29, 0.717) is 28.7 Å². The van der Waals surface area contributed by atoms with Gasteiger partial charge >= 0.3 is 0 Å². The summed E-state index contributed by atoms with van der Waals surface area (Å²) < 4.78 is 5.10. The molecule has 0 spiro atoms. The molecule has 0 bridgehead atoms. The maximum absolute atomic E-state index is 12.4. The van der Waals surface area contributed by atoms with E-state index in [2.05, 4.69) is 16.0 Å². The van der Waals surface area contributed by atoms with E-state index < -0.39 is 0 Å². The molecule has 1 fully saturated rings. The molecule has 8 heteroatoms. The van der Waals surface area contributed by atoms with Crippen LogP contribution < -0.4 is 25.6 Å². The van der Waals surface area contributed by atoms with E-state index >= 15 is 0 Å².